The fourth-order valence-corrected chi connectivity index (χ4v) is 3.69. The van der Waals surface area contributed by atoms with Crippen molar-refractivity contribution in [3.8, 4) is 0 Å². The van der Waals surface area contributed by atoms with Crippen LogP contribution in [-0.2, 0) is 10.0 Å². The molecule has 0 amide bonds. The fraction of sp³-hybridized carbons (Fsp3) is 1.00. The SMILES string of the molecule is CCN(CC)CCN(CC(C)C)S(=O)(=O)CCCl. The Kier molecular flexibility index (Phi) is 9.21. The quantitative estimate of drug-likeness (QED) is 0.578. The third-order valence-corrected chi connectivity index (χ3v) is 5.11. The van der Waals surface area contributed by atoms with Gasteiger partial charge in [-0.1, -0.05) is 27.7 Å². The van der Waals surface area contributed by atoms with E-state index in [1.165, 1.54) is 0 Å². The van der Waals surface area contributed by atoms with E-state index in [1.54, 1.807) is 4.31 Å². The Hall–Kier alpha value is 0.160. The van der Waals surface area contributed by atoms with Crippen LogP contribution in [0.15, 0.2) is 0 Å². The van der Waals surface area contributed by atoms with Gasteiger partial charge in [0, 0.05) is 25.5 Å². The number of alkyl halides is 1. The minimum absolute atomic E-state index is 0.0273. The van der Waals surface area contributed by atoms with E-state index in [-0.39, 0.29) is 11.6 Å². The molecule has 0 aromatic rings. The molecule has 0 rings (SSSR count). The van der Waals surface area contributed by atoms with Gasteiger partial charge >= 0.3 is 0 Å². The first-order chi connectivity index (χ1) is 8.37. The molecule has 0 spiro atoms. The number of sulfonamides is 1. The lowest BCUT2D eigenvalue weighted by Gasteiger charge is -2.27. The van der Waals surface area contributed by atoms with Gasteiger partial charge in [-0.15, -0.1) is 11.6 Å². The summed E-state index contributed by atoms with van der Waals surface area (Å²) in [7, 11) is -3.20. The Bertz CT molecular complexity index is 303. The van der Waals surface area contributed by atoms with Gasteiger partial charge in [0.2, 0.25) is 10.0 Å². The number of hydrogen-bond acceptors (Lipinski definition) is 3. The van der Waals surface area contributed by atoms with Gasteiger partial charge in [-0.3, -0.25) is 0 Å². The number of nitrogens with zero attached hydrogens (tertiary/aromatic N) is 2. The summed E-state index contributed by atoms with van der Waals surface area (Å²) in [5.41, 5.74) is 0. The molecule has 0 bridgehead atoms. The minimum Gasteiger partial charge on any atom is -0.303 e. The Morgan fingerprint density at radius 1 is 1.11 bits per heavy atom. The van der Waals surface area contributed by atoms with Crippen molar-refractivity contribution in [2.24, 2.45) is 5.92 Å². The highest BCUT2D eigenvalue weighted by atomic mass is 35.5. The van der Waals surface area contributed by atoms with Gasteiger partial charge in [0.15, 0.2) is 0 Å². The molecule has 0 N–H and O–H groups in total. The van der Waals surface area contributed by atoms with E-state index >= 15 is 0 Å². The summed E-state index contributed by atoms with van der Waals surface area (Å²) in [6, 6.07) is 0. The van der Waals surface area contributed by atoms with Crippen LogP contribution in [0.25, 0.3) is 0 Å². The molecule has 0 aromatic heterocycles. The van der Waals surface area contributed by atoms with Crippen molar-refractivity contribution in [2.45, 2.75) is 27.7 Å². The Balaban J connectivity index is 4.59. The van der Waals surface area contributed by atoms with Crippen molar-refractivity contribution in [2.75, 3.05) is 44.4 Å². The summed E-state index contributed by atoms with van der Waals surface area (Å²) >= 11 is 5.57. The van der Waals surface area contributed by atoms with Crippen LogP contribution in [-0.4, -0.2) is 62.0 Å². The average molecular weight is 299 g/mol. The normalized spacial score (nSPS) is 12.9. The van der Waals surface area contributed by atoms with Crippen molar-refractivity contribution in [1.29, 1.82) is 0 Å². The third kappa shape index (κ3) is 6.92. The molecule has 110 valence electrons. The first kappa shape index (κ1) is 18.2. The zero-order valence-electron chi connectivity index (χ0n) is 12.0. The molecule has 0 aromatic carbocycles. The molecule has 6 heteroatoms. The summed E-state index contributed by atoms with van der Waals surface area (Å²) in [5, 5.41) is 0. The molecule has 18 heavy (non-hydrogen) atoms. The molecule has 0 unspecified atom stereocenters. The number of hydrogen-bond donors (Lipinski definition) is 0. The predicted octanol–water partition coefficient (Wildman–Crippen LogP) is 1.85. The summed E-state index contributed by atoms with van der Waals surface area (Å²) in [5.74, 6) is 0.508. The Morgan fingerprint density at radius 2 is 1.67 bits per heavy atom. The van der Waals surface area contributed by atoms with E-state index in [9.17, 15) is 8.42 Å². The molecule has 0 atom stereocenters. The highest BCUT2D eigenvalue weighted by Crippen LogP contribution is 2.07. The largest absolute Gasteiger partial charge is 0.303 e. The molecule has 0 aliphatic heterocycles. The number of halogens is 1. The number of likely N-dealkylation sites (N-methyl/N-ethyl adjacent to an activating group) is 1. The zero-order valence-corrected chi connectivity index (χ0v) is 13.6. The van der Waals surface area contributed by atoms with Gasteiger partial charge < -0.3 is 4.90 Å². The van der Waals surface area contributed by atoms with E-state index in [0.717, 1.165) is 19.6 Å². The van der Waals surface area contributed by atoms with Crippen molar-refractivity contribution < 1.29 is 8.42 Å². The molecule has 0 heterocycles. The molecule has 0 saturated carbocycles. The number of rotatable bonds is 10. The van der Waals surface area contributed by atoms with Gasteiger partial charge in [0.25, 0.3) is 0 Å². The highest BCUT2D eigenvalue weighted by molar-refractivity contribution is 7.89. The van der Waals surface area contributed by atoms with E-state index in [4.69, 9.17) is 11.6 Å². The van der Waals surface area contributed by atoms with Crippen LogP contribution in [0.2, 0.25) is 0 Å². The lowest BCUT2D eigenvalue weighted by molar-refractivity contribution is 0.262. The fourth-order valence-electron chi connectivity index (χ4n) is 1.77. The maximum atomic E-state index is 12.1. The Morgan fingerprint density at radius 3 is 2.06 bits per heavy atom. The van der Waals surface area contributed by atoms with E-state index in [2.05, 4.69) is 18.7 Å². The lowest BCUT2D eigenvalue weighted by atomic mass is 10.2. The van der Waals surface area contributed by atoms with Crippen LogP contribution in [0, 0.1) is 5.92 Å². The second-order valence-corrected chi connectivity index (χ2v) is 7.25. The van der Waals surface area contributed by atoms with Gasteiger partial charge in [-0.05, 0) is 19.0 Å². The first-order valence-corrected chi connectivity index (χ1v) is 8.77. The van der Waals surface area contributed by atoms with Crippen molar-refractivity contribution in [3.05, 3.63) is 0 Å². The molecule has 0 radical (unpaired) electrons. The van der Waals surface area contributed by atoms with Gasteiger partial charge in [-0.2, -0.15) is 0 Å². The summed E-state index contributed by atoms with van der Waals surface area (Å²) in [4.78, 5) is 2.23. The van der Waals surface area contributed by atoms with Gasteiger partial charge in [0.05, 0.1) is 5.75 Å². The standard InChI is InChI=1S/C12H27ClN2O2S/c1-5-14(6-2)8-9-15(11-12(3)4)18(16,17)10-7-13/h12H,5-11H2,1-4H3. The monoisotopic (exact) mass is 298 g/mol. The third-order valence-electron chi connectivity index (χ3n) is 2.86. The summed E-state index contributed by atoms with van der Waals surface area (Å²) in [6.07, 6.45) is 0. The maximum absolute atomic E-state index is 12.1. The second-order valence-electron chi connectivity index (χ2n) is 4.78. The van der Waals surface area contributed by atoms with Crippen molar-refractivity contribution in [1.82, 2.24) is 9.21 Å². The average Bonchev–Trinajstić information content (AvgIpc) is 2.28. The topological polar surface area (TPSA) is 40.6 Å². The van der Waals surface area contributed by atoms with E-state index in [1.807, 2.05) is 13.8 Å². The minimum atomic E-state index is -3.20. The molecular weight excluding hydrogens is 272 g/mol. The van der Waals surface area contributed by atoms with Gasteiger partial charge in [-0.25, -0.2) is 12.7 Å². The summed E-state index contributed by atoms with van der Waals surface area (Å²) in [6.45, 7) is 12.0. The molecule has 0 saturated heterocycles. The first-order valence-electron chi connectivity index (χ1n) is 6.63. The van der Waals surface area contributed by atoms with Crippen LogP contribution < -0.4 is 0 Å². The second kappa shape index (κ2) is 9.13. The maximum Gasteiger partial charge on any atom is 0.215 e. The van der Waals surface area contributed by atoms with E-state index in [0.29, 0.717) is 19.0 Å². The van der Waals surface area contributed by atoms with Crippen LogP contribution in [0.4, 0.5) is 0 Å². The van der Waals surface area contributed by atoms with Crippen LogP contribution in [0.3, 0.4) is 0 Å². The predicted molar refractivity (Wildman–Crippen MR) is 78.7 cm³/mol. The zero-order chi connectivity index (χ0) is 14.2. The lowest BCUT2D eigenvalue weighted by Crippen LogP contribution is -2.41. The molecule has 0 fully saturated rings. The van der Waals surface area contributed by atoms with E-state index < -0.39 is 10.0 Å². The smallest absolute Gasteiger partial charge is 0.215 e. The highest BCUT2D eigenvalue weighted by Gasteiger charge is 2.22. The van der Waals surface area contributed by atoms with Crippen LogP contribution in [0.5, 0.6) is 0 Å². The molecule has 0 aliphatic carbocycles. The molecule has 0 aliphatic rings. The van der Waals surface area contributed by atoms with Crippen LogP contribution >= 0.6 is 11.6 Å². The molecule has 4 nitrogen and oxygen atoms in total. The van der Waals surface area contributed by atoms with Crippen LogP contribution in [0.1, 0.15) is 27.7 Å². The van der Waals surface area contributed by atoms with Crippen molar-refractivity contribution in [3.63, 3.8) is 0 Å². The summed E-state index contributed by atoms with van der Waals surface area (Å²) < 4.78 is 25.7. The van der Waals surface area contributed by atoms with Gasteiger partial charge in [0.1, 0.15) is 0 Å². The molecular formula is C12H27ClN2O2S. The Labute approximate surface area is 117 Å². The van der Waals surface area contributed by atoms with Crippen molar-refractivity contribution >= 4 is 21.6 Å².